The van der Waals surface area contributed by atoms with Crippen molar-refractivity contribution in [2.24, 2.45) is 0 Å². The van der Waals surface area contributed by atoms with Gasteiger partial charge in [-0.1, -0.05) is 166 Å². The van der Waals surface area contributed by atoms with Gasteiger partial charge < -0.3 is 9.47 Å². The van der Waals surface area contributed by atoms with Gasteiger partial charge in [-0.2, -0.15) is 34.8 Å². The summed E-state index contributed by atoms with van der Waals surface area (Å²) in [5.74, 6) is -4.30. The molecule has 2 heterocycles. The number of nitrogens with zero attached hydrogens (tertiary/aromatic N) is 2. The monoisotopic (exact) mass is 1180 g/mol. The molecule has 0 spiro atoms. The first-order valence-electron chi connectivity index (χ1n) is 27.0. The molecule has 0 bridgehead atoms. The van der Waals surface area contributed by atoms with Crippen LogP contribution in [0.4, 0.5) is 32.0 Å². The normalized spacial score (nSPS) is 14.6. The number of hydrogen-bond donors (Lipinski definition) is 1. The maximum Gasteiger partial charge on any atom is 0.402 e. The molecule has 0 aliphatic carbocycles. The Balaban J connectivity index is 0.00000128. The molecule has 0 saturated heterocycles. The average molecular weight is 1180 g/mol. The lowest BCUT2D eigenvalue weighted by Crippen LogP contribution is -2.41. The van der Waals surface area contributed by atoms with Crippen molar-refractivity contribution < 1.29 is 68.0 Å². The summed E-state index contributed by atoms with van der Waals surface area (Å²) < 4.78 is 134. The van der Waals surface area contributed by atoms with Crippen molar-refractivity contribution in [3.05, 3.63) is 266 Å². The third-order valence-electron chi connectivity index (χ3n) is 15.4. The minimum atomic E-state index is -5.05. The minimum absolute atomic E-state index is 0.0658. The lowest BCUT2D eigenvalue weighted by atomic mass is 9.74. The topological polar surface area (TPSA) is 148 Å². The molecule has 0 fully saturated rings. The highest BCUT2D eigenvalue weighted by Crippen LogP contribution is 2.51. The van der Waals surface area contributed by atoms with Gasteiger partial charge >= 0.3 is 12.4 Å². The van der Waals surface area contributed by atoms with Crippen LogP contribution in [0.25, 0.3) is 0 Å². The lowest BCUT2D eigenvalue weighted by molar-refractivity contribution is -0.173. The molecule has 2 unspecified atom stereocenters. The molecule has 8 aromatic carbocycles. The van der Waals surface area contributed by atoms with E-state index in [0.717, 1.165) is 89.5 Å². The molecule has 0 aromatic heterocycles. The number of anilines is 1. The van der Waals surface area contributed by atoms with Gasteiger partial charge in [0.1, 0.15) is 22.3 Å². The third kappa shape index (κ3) is 12.5. The van der Waals surface area contributed by atoms with E-state index < -0.39 is 79.5 Å². The fraction of sp³-hybridized carbons (Fsp3) is 0.224. The van der Waals surface area contributed by atoms with Gasteiger partial charge in [0, 0.05) is 18.9 Å². The first-order chi connectivity index (χ1) is 40.2. The van der Waals surface area contributed by atoms with E-state index in [0.29, 0.717) is 16.7 Å². The summed E-state index contributed by atoms with van der Waals surface area (Å²) in [7, 11) is -2.45. The SMILES string of the molecule is CC.CS(=O)(=O)O.Cc1ccc(C(C)(c2ccc(N3C(=O)c4ccc(C(C)(c5ccc6c(c5)C(=O)N(C)C6=O)C(F)(F)F)cc4C3=O)c(OCC(c3ccccc3)c3ccccc3)c2)C(F)(F)F)cc1OCC(c1ccccc1)c1ccccc1. The number of aryl methyl sites for hydroxylation is 1. The fourth-order valence-corrected chi connectivity index (χ4v) is 10.5. The van der Waals surface area contributed by atoms with Crippen molar-refractivity contribution in [3.63, 3.8) is 0 Å². The highest BCUT2D eigenvalue weighted by molar-refractivity contribution is 7.85. The van der Waals surface area contributed by atoms with E-state index in [1.165, 1.54) is 25.2 Å². The maximum atomic E-state index is 16.2. The van der Waals surface area contributed by atoms with Crippen molar-refractivity contribution in [3.8, 4) is 11.5 Å². The van der Waals surface area contributed by atoms with Crippen LogP contribution in [0, 0.1) is 6.92 Å². The number of benzene rings is 8. The molecule has 85 heavy (non-hydrogen) atoms. The number of fused-ring (bicyclic) bond motifs is 2. The van der Waals surface area contributed by atoms with Gasteiger partial charge in [-0.3, -0.25) is 28.6 Å². The first kappa shape index (κ1) is 62.2. The van der Waals surface area contributed by atoms with Crippen molar-refractivity contribution in [1.82, 2.24) is 4.90 Å². The molecular formula is C67H60F6N2O9S. The van der Waals surface area contributed by atoms with Crippen LogP contribution in [-0.4, -0.2) is 80.4 Å². The zero-order valence-corrected chi connectivity index (χ0v) is 48.1. The fourth-order valence-electron chi connectivity index (χ4n) is 10.5. The van der Waals surface area contributed by atoms with E-state index in [4.69, 9.17) is 14.0 Å². The van der Waals surface area contributed by atoms with E-state index in [2.05, 4.69) is 0 Å². The summed E-state index contributed by atoms with van der Waals surface area (Å²) in [5, 5.41) is 0. The van der Waals surface area contributed by atoms with E-state index >= 15 is 26.3 Å². The average Bonchev–Trinajstić information content (AvgIpc) is 1.86. The van der Waals surface area contributed by atoms with Crippen molar-refractivity contribution in [1.29, 1.82) is 0 Å². The number of ether oxygens (including phenoxy) is 2. The van der Waals surface area contributed by atoms with Gasteiger partial charge in [0.25, 0.3) is 33.7 Å². The zero-order chi connectivity index (χ0) is 61.8. The Kier molecular flexibility index (Phi) is 18.1. The molecule has 11 nitrogen and oxygen atoms in total. The lowest BCUT2D eigenvalue weighted by Gasteiger charge is -2.34. The van der Waals surface area contributed by atoms with Crippen molar-refractivity contribution in [2.45, 2.75) is 69.6 Å². The molecule has 0 radical (unpaired) electrons. The van der Waals surface area contributed by atoms with Gasteiger partial charge in [0.2, 0.25) is 0 Å². The molecule has 10 rings (SSSR count). The number of carbonyl (C=O) groups is 4. The van der Waals surface area contributed by atoms with E-state index in [-0.39, 0.29) is 64.1 Å². The number of hydrogen-bond acceptors (Lipinski definition) is 8. The highest BCUT2D eigenvalue weighted by atomic mass is 32.2. The van der Waals surface area contributed by atoms with Crippen LogP contribution in [0.1, 0.15) is 131 Å². The van der Waals surface area contributed by atoms with Crippen LogP contribution in [0.5, 0.6) is 11.5 Å². The van der Waals surface area contributed by atoms with E-state index in [1.54, 1.807) is 13.0 Å². The molecule has 8 aromatic rings. The minimum Gasteiger partial charge on any atom is -0.492 e. The molecule has 2 aliphatic rings. The number of carbonyl (C=O) groups excluding carboxylic acids is 4. The van der Waals surface area contributed by atoms with Gasteiger partial charge in [-0.15, -0.1) is 0 Å². The van der Waals surface area contributed by atoms with Gasteiger partial charge in [0.05, 0.1) is 47.4 Å². The van der Waals surface area contributed by atoms with Crippen LogP contribution in [0.15, 0.2) is 194 Å². The summed E-state index contributed by atoms with van der Waals surface area (Å²) >= 11 is 0. The Morgan fingerprint density at radius 1 is 0.459 bits per heavy atom. The van der Waals surface area contributed by atoms with Gasteiger partial charge in [-0.05, 0) is 113 Å². The molecule has 18 heteroatoms. The second-order valence-electron chi connectivity index (χ2n) is 20.6. The van der Waals surface area contributed by atoms with Gasteiger partial charge in [0.15, 0.2) is 0 Å². The Morgan fingerprint density at radius 3 is 1.16 bits per heavy atom. The molecule has 2 atom stereocenters. The number of halogens is 6. The maximum absolute atomic E-state index is 16.2. The smallest absolute Gasteiger partial charge is 0.402 e. The van der Waals surface area contributed by atoms with Crippen LogP contribution in [-0.2, 0) is 20.9 Å². The molecule has 2 aliphatic heterocycles. The second-order valence-corrected chi connectivity index (χ2v) is 22.1. The standard InChI is InChI=1S/C64H50F6N2O6.C2H6.CH4O3S/c1-39-25-26-46(35-55(39)77-37-52(40-17-9-5-10-18-40)41-19-11-6-12-20-41)62(3,64(68,69)70)47-29-32-54(56(36-47)78-38-53(42-21-13-7-14-22-42)43-23-15-8-16-24-43)72-59(75)49-31-28-45(34-51(49)60(72)76)61(2,63(65,66)67)44-27-30-48-50(33-44)58(74)71(4)57(48)73;1-2;1-5(2,3)4/h5-36,52-53H,37-38H2,1-4H3;1-2H3;1H3,(H,2,3,4). The summed E-state index contributed by atoms with van der Waals surface area (Å²) in [4.78, 5) is 56.5. The second kappa shape index (κ2) is 24.8. The molecule has 440 valence electrons. The number of imide groups is 2. The van der Waals surface area contributed by atoms with Crippen LogP contribution in [0.3, 0.4) is 0 Å². The largest absolute Gasteiger partial charge is 0.492 e. The first-order valence-corrected chi connectivity index (χ1v) is 28.8. The molecule has 0 saturated carbocycles. The van der Waals surface area contributed by atoms with Crippen molar-refractivity contribution in [2.75, 3.05) is 31.4 Å². The van der Waals surface area contributed by atoms with E-state index in [1.807, 2.05) is 135 Å². The third-order valence-corrected chi connectivity index (χ3v) is 15.4. The van der Waals surface area contributed by atoms with Gasteiger partial charge in [-0.25, -0.2) is 4.90 Å². The predicted molar refractivity (Wildman–Crippen MR) is 312 cm³/mol. The molecule has 4 amide bonds. The Hall–Kier alpha value is -8.87. The quantitative estimate of drug-likeness (QED) is 0.0602. The highest BCUT2D eigenvalue weighted by Gasteiger charge is 2.56. The van der Waals surface area contributed by atoms with Crippen LogP contribution < -0.4 is 14.4 Å². The summed E-state index contributed by atoms with van der Waals surface area (Å²) in [6.07, 6.45) is -9.31. The zero-order valence-electron chi connectivity index (χ0n) is 47.3. The summed E-state index contributed by atoms with van der Waals surface area (Å²) in [6, 6.07) is 51.9. The summed E-state index contributed by atoms with van der Waals surface area (Å²) in [5.41, 5.74) is -4.13. The number of alkyl halides is 6. The Labute approximate surface area is 489 Å². The predicted octanol–water partition coefficient (Wildman–Crippen LogP) is 14.7. The number of rotatable bonds is 15. The molecule has 1 N–H and O–H groups in total. The van der Waals surface area contributed by atoms with E-state index in [9.17, 15) is 27.6 Å². The van der Waals surface area contributed by atoms with Crippen LogP contribution >= 0.6 is 0 Å². The van der Waals surface area contributed by atoms with Crippen molar-refractivity contribution >= 4 is 39.4 Å². The summed E-state index contributed by atoms with van der Waals surface area (Å²) in [6.45, 7) is 7.55. The van der Waals surface area contributed by atoms with Crippen LogP contribution in [0.2, 0.25) is 0 Å². The molecular weight excluding hydrogens is 1120 g/mol. The Bertz CT molecular complexity index is 3800. The Morgan fingerprint density at radius 2 is 0.765 bits per heavy atom. The number of amides is 4.